The van der Waals surface area contributed by atoms with Crippen molar-refractivity contribution in [2.75, 3.05) is 19.3 Å². The second-order valence-corrected chi connectivity index (χ2v) is 9.37. The third kappa shape index (κ3) is 5.06. The van der Waals surface area contributed by atoms with Crippen molar-refractivity contribution in [3.8, 4) is 5.75 Å². The molecule has 1 saturated heterocycles. The van der Waals surface area contributed by atoms with Gasteiger partial charge in [-0.1, -0.05) is 23.9 Å². The van der Waals surface area contributed by atoms with E-state index in [4.69, 9.17) is 0 Å². The molecule has 0 atom stereocenters. The maximum Gasteiger partial charge on any atom is 0.253 e. The fraction of sp³-hybridized carbons (Fsp3) is 0.500. The highest BCUT2D eigenvalue weighted by molar-refractivity contribution is 7.98. The van der Waals surface area contributed by atoms with Crippen molar-refractivity contribution >= 4 is 23.4 Å². The van der Waals surface area contributed by atoms with Gasteiger partial charge in [-0.3, -0.25) is 4.79 Å². The lowest BCUT2D eigenvalue weighted by molar-refractivity contribution is -0.132. The molecule has 2 aromatic heterocycles. The summed E-state index contributed by atoms with van der Waals surface area (Å²) >= 11 is 1.50. The van der Waals surface area contributed by atoms with Crippen LogP contribution in [0.25, 0.3) is 5.78 Å². The van der Waals surface area contributed by atoms with Crippen LogP contribution in [0.15, 0.2) is 29.4 Å². The fourth-order valence-corrected chi connectivity index (χ4v) is 4.87. The minimum Gasteiger partial charge on any atom is -0.508 e. The van der Waals surface area contributed by atoms with Crippen molar-refractivity contribution < 1.29 is 9.90 Å². The number of fused-ring (bicyclic) bond motifs is 1. The molecule has 3 aromatic rings. The van der Waals surface area contributed by atoms with Crippen LogP contribution in [0.4, 0.5) is 0 Å². The zero-order chi connectivity index (χ0) is 22.7. The zero-order valence-electron chi connectivity index (χ0n) is 19.0. The molecule has 7 nitrogen and oxygen atoms in total. The van der Waals surface area contributed by atoms with E-state index in [1.165, 1.54) is 17.3 Å². The molecule has 3 heterocycles. The molecule has 1 fully saturated rings. The van der Waals surface area contributed by atoms with Crippen LogP contribution in [-0.2, 0) is 17.6 Å². The predicted octanol–water partition coefficient (Wildman–Crippen LogP) is 3.97. The summed E-state index contributed by atoms with van der Waals surface area (Å²) in [6, 6.07) is 7.48. The average molecular weight is 454 g/mol. The van der Waals surface area contributed by atoms with Gasteiger partial charge in [0.05, 0.1) is 0 Å². The van der Waals surface area contributed by atoms with Crippen LogP contribution in [0.1, 0.15) is 48.2 Å². The van der Waals surface area contributed by atoms with Crippen molar-refractivity contribution in [1.82, 2.24) is 24.5 Å². The molecule has 0 spiro atoms. The SMILES string of the molecule is CSc1nc2nc(C)c(CCC(=O)N3CCC(CCc4ccc(O)cc4)CC3)c(C)n2n1. The van der Waals surface area contributed by atoms with Crippen molar-refractivity contribution in [3.05, 3.63) is 46.8 Å². The van der Waals surface area contributed by atoms with Gasteiger partial charge in [0.25, 0.3) is 5.78 Å². The van der Waals surface area contributed by atoms with E-state index >= 15 is 0 Å². The molecule has 0 saturated carbocycles. The highest BCUT2D eigenvalue weighted by Crippen LogP contribution is 2.24. The number of amides is 1. The summed E-state index contributed by atoms with van der Waals surface area (Å²) in [5, 5.41) is 14.6. The molecule has 1 aromatic carbocycles. The number of hydrogen-bond donors (Lipinski definition) is 1. The summed E-state index contributed by atoms with van der Waals surface area (Å²) in [5.41, 5.74) is 4.29. The summed E-state index contributed by atoms with van der Waals surface area (Å²) in [7, 11) is 0. The Hall–Kier alpha value is -2.61. The van der Waals surface area contributed by atoms with Gasteiger partial charge in [-0.05, 0) is 81.4 Å². The van der Waals surface area contributed by atoms with Crippen molar-refractivity contribution in [2.45, 2.75) is 57.5 Å². The van der Waals surface area contributed by atoms with Crippen molar-refractivity contribution in [1.29, 1.82) is 0 Å². The molecule has 0 radical (unpaired) electrons. The quantitative estimate of drug-likeness (QED) is 0.545. The first kappa shape index (κ1) is 22.6. The number of nitrogens with zero attached hydrogens (tertiary/aromatic N) is 5. The molecule has 0 bridgehead atoms. The lowest BCUT2D eigenvalue weighted by Crippen LogP contribution is -2.38. The van der Waals surface area contributed by atoms with E-state index in [-0.39, 0.29) is 5.91 Å². The maximum atomic E-state index is 12.9. The number of aromatic hydroxyl groups is 1. The van der Waals surface area contributed by atoms with Gasteiger partial charge in [-0.15, -0.1) is 5.10 Å². The van der Waals surface area contributed by atoms with E-state index in [0.717, 1.165) is 55.7 Å². The molecular weight excluding hydrogens is 422 g/mol. The summed E-state index contributed by atoms with van der Waals surface area (Å²) in [5.74, 6) is 1.81. The second-order valence-electron chi connectivity index (χ2n) is 8.60. The van der Waals surface area contributed by atoms with Gasteiger partial charge in [-0.25, -0.2) is 9.50 Å². The normalized spacial score (nSPS) is 14.9. The molecule has 1 amide bonds. The van der Waals surface area contributed by atoms with Crippen molar-refractivity contribution in [2.24, 2.45) is 5.92 Å². The number of carbonyl (C=O) groups excluding carboxylic acids is 1. The monoisotopic (exact) mass is 453 g/mol. The number of aryl methyl sites for hydroxylation is 3. The van der Waals surface area contributed by atoms with Gasteiger partial charge in [0.2, 0.25) is 11.1 Å². The van der Waals surface area contributed by atoms with Gasteiger partial charge in [0.15, 0.2) is 0 Å². The van der Waals surface area contributed by atoms with E-state index in [1.54, 1.807) is 16.6 Å². The van der Waals surface area contributed by atoms with Gasteiger partial charge in [0, 0.05) is 30.9 Å². The first-order chi connectivity index (χ1) is 15.4. The Morgan fingerprint density at radius 3 is 2.53 bits per heavy atom. The molecular formula is C24H31N5O2S. The summed E-state index contributed by atoms with van der Waals surface area (Å²) < 4.78 is 1.79. The smallest absolute Gasteiger partial charge is 0.253 e. The van der Waals surface area contributed by atoms with E-state index in [2.05, 4.69) is 15.1 Å². The Morgan fingerprint density at radius 1 is 1.12 bits per heavy atom. The topological polar surface area (TPSA) is 83.6 Å². The van der Waals surface area contributed by atoms with Crippen LogP contribution < -0.4 is 0 Å². The fourth-order valence-electron chi connectivity index (χ4n) is 4.53. The van der Waals surface area contributed by atoms with Crippen LogP contribution in [0.2, 0.25) is 0 Å². The van der Waals surface area contributed by atoms with Crippen LogP contribution >= 0.6 is 11.8 Å². The number of thioether (sulfide) groups is 1. The van der Waals surface area contributed by atoms with Gasteiger partial charge in [0.1, 0.15) is 5.75 Å². The number of aromatic nitrogens is 4. The molecule has 0 aliphatic carbocycles. The Bertz CT molecular complexity index is 1090. The minimum absolute atomic E-state index is 0.226. The molecule has 0 unspecified atom stereocenters. The summed E-state index contributed by atoms with van der Waals surface area (Å²) in [4.78, 5) is 23.9. The number of rotatable bonds is 7. The van der Waals surface area contributed by atoms with Gasteiger partial charge >= 0.3 is 0 Å². The lowest BCUT2D eigenvalue weighted by Gasteiger charge is -2.32. The highest BCUT2D eigenvalue weighted by atomic mass is 32.2. The molecule has 4 rings (SSSR count). The van der Waals surface area contributed by atoms with Crippen LogP contribution in [0.5, 0.6) is 5.75 Å². The number of carbonyl (C=O) groups is 1. The van der Waals surface area contributed by atoms with Crippen LogP contribution in [0, 0.1) is 19.8 Å². The maximum absolute atomic E-state index is 12.9. The van der Waals surface area contributed by atoms with Crippen LogP contribution in [-0.4, -0.2) is 54.8 Å². The average Bonchev–Trinajstić information content (AvgIpc) is 3.22. The first-order valence-corrected chi connectivity index (χ1v) is 12.5. The van der Waals surface area contributed by atoms with Gasteiger partial charge in [-0.2, -0.15) is 4.98 Å². The predicted molar refractivity (Wildman–Crippen MR) is 126 cm³/mol. The Morgan fingerprint density at radius 2 is 1.84 bits per heavy atom. The summed E-state index contributed by atoms with van der Waals surface area (Å²) in [6.07, 6.45) is 7.40. The number of hydrogen-bond acceptors (Lipinski definition) is 6. The standard InChI is InChI=1S/C24H31N5O2S/c1-16-21(17(2)29-23(25-16)26-24(27-29)32-3)10-11-22(31)28-14-12-19(13-15-28)5-4-18-6-8-20(30)9-7-18/h6-9,19,30H,4-5,10-15H2,1-3H3. The molecule has 1 aliphatic heterocycles. The largest absolute Gasteiger partial charge is 0.508 e. The zero-order valence-corrected chi connectivity index (χ0v) is 19.9. The molecule has 170 valence electrons. The number of benzene rings is 1. The highest BCUT2D eigenvalue weighted by Gasteiger charge is 2.23. The lowest BCUT2D eigenvalue weighted by atomic mass is 9.90. The molecule has 1 aliphatic rings. The number of piperidine rings is 1. The Kier molecular flexibility index (Phi) is 6.98. The third-order valence-corrected chi connectivity index (χ3v) is 7.08. The van der Waals surface area contributed by atoms with Gasteiger partial charge < -0.3 is 10.0 Å². The van der Waals surface area contributed by atoms with E-state index in [0.29, 0.717) is 35.4 Å². The molecule has 8 heteroatoms. The van der Waals surface area contributed by atoms with E-state index in [1.807, 2.05) is 37.1 Å². The third-order valence-electron chi connectivity index (χ3n) is 6.55. The molecule has 1 N–H and O–H groups in total. The van der Waals surface area contributed by atoms with E-state index in [9.17, 15) is 9.90 Å². The number of likely N-dealkylation sites (tertiary alicyclic amines) is 1. The van der Waals surface area contributed by atoms with E-state index < -0.39 is 0 Å². The second kappa shape index (κ2) is 9.90. The summed E-state index contributed by atoms with van der Waals surface area (Å²) in [6.45, 7) is 5.70. The van der Waals surface area contributed by atoms with Crippen LogP contribution in [0.3, 0.4) is 0 Å². The first-order valence-electron chi connectivity index (χ1n) is 11.3. The number of phenolic OH excluding ortho intramolecular Hbond substituents is 1. The Labute approximate surface area is 193 Å². The number of phenols is 1. The Balaban J connectivity index is 1.28. The van der Waals surface area contributed by atoms with Crippen molar-refractivity contribution in [3.63, 3.8) is 0 Å². The minimum atomic E-state index is 0.226. The molecule has 32 heavy (non-hydrogen) atoms.